The van der Waals surface area contributed by atoms with E-state index in [4.69, 9.17) is 0 Å². The first-order chi connectivity index (χ1) is 8.27. The molecular formula is C14H17N3. The SMILES string of the molecule is CC1(CNc2ncnc3ccccc23)CCC1. The number of nitrogens with one attached hydrogen (secondary N) is 1. The second-order valence-corrected chi connectivity index (χ2v) is 5.26. The van der Waals surface area contributed by atoms with E-state index in [0.29, 0.717) is 5.41 Å². The van der Waals surface area contributed by atoms with Crippen LogP contribution in [0.3, 0.4) is 0 Å². The average Bonchev–Trinajstić information content (AvgIpc) is 2.34. The molecule has 1 fully saturated rings. The topological polar surface area (TPSA) is 37.8 Å². The van der Waals surface area contributed by atoms with Crippen molar-refractivity contribution in [3.63, 3.8) is 0 Å². The summed E-state index contributed by atoms with van der Waals surface area (Å²) in [6, 6.07) is 8.13. The van der Waals surface area contributed by atoms with Gasteiger partial charge in [-0.15, -0.1) is 0 Å². The standard InChI is InChI=1S/C14H17N3/c1-14(7-4-8-14)9-15-13-11-5-2-3-6-12(11)16-10-17-13/h2-3,5-6,10H,4,7-9H2,1H3,(H,15,16,17). The molecular weight excluding hydrogens is 210 g/mol. The van der Waals surface area contributed by atoms with Crippen molar-refractivity contribution >= 4 is 16.7 Å². The lowest BCUT2D eigenvalue weighted by atomic mass is 9.70. The van der Waals surface area contributed by atoms with Gasteiger partial charge in [0, 0.05) is 11.9 Å². The highest BCUT2D eigenvalue weighted by Crippen LogP contribution is 2.40. The molecule has 0 amide bonds. The van der Waals surface area contributed by atoms with E-state index in [1.165, 1.54) is 19.3 Å². The molecule has 0 bridgehead atoms. The molecule has 3 heteroatoms. The second-order valence-electron chi connectivity index (χ2n) is 5.26. The number of aromatic nitrogens is 2. The summed E-state index contributed by atoms with van der Waals surface area (Å²) in [5.74, 6) is 0.962. The lowest BCUT2D eigenvalue weighted by Gasteiger charge is -2.38. The van der Waals surface area contributed by atoms with Gasteiger partial charge in [0.1, 0.15) is 12.1 Å². The van der Waals surface area contributed by atoms with E-state index in [1.54, 1.807) is 6.33 Å². The van der Waals surface area contributed by atoms with Gasteiger partial charge >= 0.3 is 0 Å². The third-order valence-electron chi connectivity index (χ3n) is 3.79. The van der Waals surface area contributed by atoms with Gasteiger partial charge in [-0.05, 0) is 30.4 Å². The quantitative estimate of drug-likeness (QED) is 0.874. The van der Waals surface area contributed by atoms with E-state index in [0.717, 1.165) is 23.3 Å². The van der Waals surface area contributed by atoms with Gasteiger partial charge in [-0.1, -0.05) is 25.5 Å². The van der Waals surface area contributed by atoms with Crippen LogP contribution < -0.4 is 5.32 Å². The van der Waals surface area contributed by atoms with Crippen molar-refractivity contribution in [3.05, 3.63) is 30.6 Å². The van der Waals surface area contributed by atoms with Gasteiger partial charge in [-0.25, -0.2) is 9.97 Å². The van der Waals surface area contributed by atoms with Crippen LogP contribution in [0.15, 0.2) is 30.6 Å². The summed E-state index contributed by atoms with van der Waals surface area (Å²) in [6.45, 7) is 3.35. The minimum Gasteiger partial charge on any atom is -0.369 e. The maximum atomic E-state index is 4.35. The van der Waals surface area contributed by atoms with Gasteiger partial charge in [0.05, 0.1) is 5.52 Å². The van der Waals surface area contributed by atoms with Crippen LogP contribution in [0, 0.1) is 5.41 Å². The Morgan fingerprint density at radius 2 is 2.06 bits per heavy atom. The van der Waals surface area contributed by atoms with Gasteiger partial charge in [0.15, 0.2) is 0 Å². The molecule has 0 aliphatic heterocycles. The van der Waals surface area contributed by atoms with Crippen LogP contribution in [0.5, 0.6) is 0 Å². The maximum Gasteiger partial charge on any atom is 0.137 e. The van der Waals surface area contributed by atoms with Crippen molar-refractivity contribution in [1.29, 1.82) is 0 Å². The van der Waals surface area contributed by atoms with Gasteiger partial charge in [-0.2, -0.15) is 0 Å². The summed E-state index contributed by atoms with van der Waals surface area (Å²) in [4.78, 5) is 8.62. The molecule has 3 nitrogen and oxygen atoms in total. The lowest BCUT2D eigenvalue weighted by Crippen LogP contribution is -2.33. The summed E-state index contributed by atoms with van der Waals surface area (Å²) in [6.07, 6.45) is 5.64. The van der Waals surface area contributed by atoms with Crippen LogP contribution in [0.2, 0.25) is 0 Å². The first-order valence-corrected chi connectivity index (χ1v) is 6.21. The van der Waals surface area contributed by atoms with Crippen molar-refractivity contribution in [1.82, 2.24) is 9.97 Å². The Labute approximate surface area is 101 Å². The molecule has 3 rings (SSSR count). The monoisotopic (exact) mass is 227 g/mol. The molecule has 1 aromatic heterocycles. The summed E-state index contributed by atoms with van der Waals surface area (Å²) < 4.78 is 0. The fourth-order valence-electron chi connectivity index (χ4n) is 2.40. The van der Waals surface area contributed by atoms with Crippen LogP contribution in [-0.4, -0.2) is 16.5 Å². The Kier molecular flexibility index (Phi) is 2.46. The molecule has 1 aliphatic rings. The van der Waals surface area contributed by atoms with E-state index < -0.39 is 0 Å². The summed E-state index contributed by atoms with van der Waals surface area (Å²) in [5, 5.41) is 4.59. The number of hydrogen-bond donors (Lipinski definition) is 1. The number of para-hydroxylation sites is 1. The van der Waals surface area contributed by atoms with Crippen molar-refractivity contribution < 1.29 is 0 Å². The Balaban J connectivity index is 1.85. The van der Waals surface area contributed by atoms with Crippen molar-refractivity contribution in [2.24, 2.45) is 5.41 Å². The number of nitrogens with zero attached hydrogens (tertiary/aromatic N) is 2. The number of hydrogen-bond acceptors (Lipinski definition) is 3. The zero-order valence-corrected chi connectivity index (χ0v) is 10.1. The Morgan fingerprint density at radius 1 is 1.24 bits per heavy atom. The normalized spacial score (nSPS) is 17.7. The Morgan fingerprint density at radius 3 is 2.82 bits per heavy atom. The van der Waals surface area contributed by atoms with Crippen molar-refractivity contribution in [2.45, 2.75) is 26.2 Å². The number of fused-ring (bicyclic) bond motifs is 1. The van der Waals surface area contributed by atoms with Gasteiger partial charge < -0.3 is 5.32 Å². The molecule has 1 aromatic carbocycles. The highest BCUT2D eigenvalue weighted by atomic mass is 15.0. The number of benzene rings is 1. The summed E-state index contributed by atoms with van der Waals surface area (Å²) in [5.41, 5.74) is 1.47. The van der Waals surface area contributed by atoms with Gasteiger partial charge in [0.2, 0.25) is 0 Å². The molecule has 0 unspecified atom stereocenters. The summed E-state index contributed by atoms with van der Waals surface area (Å²) in [7, 11) is 0. The zero-order valence-electron chi connectivity index (χ0n) is 10.1. The largest absolute Gasteiger partial charge is 0.369 e. The molecule has 17 heavy (non-hydrogen) atoms. The first-order valence-electron chi connectivity index (χ1n) is 6.21. The van der Waals surface area contributed by atoms with Crippen LogP contribution >= 0.6 is 0 Å². The molecule has 1 saturated carbocycles. The predicted molar refractivity (Wildman–Crippen MR) is 70.0 cm³/mol. The fraction of sp³-hybridized carbons (Fsp3) is 0.429. The summed E-state index contributed by atoms with van der Waals surface area (Å²) >= 11 is 0. The van der Waals surface area contributed by atoms with E-state index in [1.807, 2.05) is 18.2 Å². The van der Waals surface area contributed by atoms with E-state index in [-0.39, 0.29) is 0 Å². The number of anilines is 1. The highest BCUT2D eigenvalue weighted by molar-refractivity contribution is 5.88. The van der Waals surface area contributed by atoms with Crippen molar-refractivity contribution in [3.8, 4) is 0 Å². The Bertz CT molecular complexity index is 526. The lowest BCUT2D eigenvalue weighted by molar-refractivity contribution is 0.180. The molecule has 2 aromatic rings. The van der Waals surface area contributed by atoms with Crippen LogP contribution in [0.25, 0.3) is 10.9 Å². The minimum absolute atomic E-state index is 0.464. The average molecular weight is 227 g/mol. The van der Waals surface area contributed by atoms with E-state index >= 15 is 0 Å². The van der Waals surface area contributed by atoms with E-state index in [2.05, 4.69) is 28.3 Å². The molecule has 0 radical (unpaired) electrons. The molecule has 1 N–H and O–H groups in total. The van der Waals surface area contributed by atoms with Crippen LogP contribution in [0.4, 0.5) is 5.82 Å². The molecule has 1 heterocycles. The van der Waals surface area contributed by atoms with Crippen LogP contribution in [0.1, 0.15) is 26.2 Å². The predicted octanol–water partition coefficient (Wildman–Crippen LogP) is 3.23. The van der Waals surface area contributed by atoms with Crippen LogP contribution in [-0.2, 0) is 0 Å². The van der Waals surface area contributed by atoms with Gasteiger partial charge in [0.25, 0.3) is 0 Å². The minimum atomic E-state index is 0.464. The Hall–Kier alpha value is -1.64. The molecule has 1 aliphatic carbocycles. The molecule has 0 atom stereocenters. The van der Waals surface area contributed by atoms with E-state index in [9.17, 15) is 0 Å². The number of rotatable bonds is 3. The first kappa shape index (κ1) is 10.5. The third-order valence-corrected chi connectivity index (χ3v) is 3.79. The molecule has 0 spiro atoms. The molecule has 88 valence electrons. The fourth-order valence-corrected chi connectivity index (χ4v) is 2.40. The highest BCUT2D eigenvalue weighted by Gasteiger charge is 2.31. The van der Waals surface area contributed by atoms with Crippen molar-refractivity contribution in [2.75, 3.05) is 11.9 Å². The second kappa shape index (κ2) is 3.99. The maximum absolute atomic E-state index is 4.35. The van der Waals surface area contributed by atoms with Gasteiger partial charge in [-0.3, -0.25) is 0 Å². The smallest absolute Gasteiger partial charge is 0.137 e. The molecule has 0 saturated heterocycles. The third kappa shape index (κ3) is 1.97. The zero-order chi connectivity index (χ0) is 11.7.